The van der Waals surface area contributed by atoms with Gasteiger partial charge in [0.15, 0.2) is 0 Å². The molecule has 0 aliphatic carbocycles. The molecule has 2 aromatic carbocycles. The van der Waals surface area contributed by atoms with Gasteiger partial charge in [-0.15, -0.1) is 0 Å². The van der Waals surface area contributed by atoms with Gasteiger partial charge in [-0.1, -0.05) is 11.8 Å². The minimum absolute atomic E-state index is 0.268. The van der Waals surface area contributed by atoms with Crippen molar-refractivity contribution in [3.05, 3.63) is 54.7 Å². The lowest BCUT2D eigenvalue weighted by Crippen LogP contribution is -1.86. The summed E-state index contributed by atoms with van der Waals surface area (Å²) < 4.78 is 5.24. The summed E-state index contributed by atoms with van der Waals surface area (Å²) in [5.74, 6) is 1.11. The van der Waals surface area contributed by atoms with Crippen molar-refractivity contribution in [1.29, 1.82) is 0 Å². The summed E-state index contributed by atoms with van der Waals surface area (Å²) in [5.41, 5.74) is 0. The van der Waals surface area contributed by atoms with Crippen LogP contribution in [0.2, 0.25) is 0 Å². The van der Waals surface area contributed by atoms with E-state index in [1.807, 2.05) is 36.4 Å². The first kappa shape index (κ1) is 12.8. The Morgan fingerprint density at radius 3 is 2.60 bits per heavy atom. The van der Waals surface area contributed by atoms with Crippen LogP contribution in [-0.2, 0) is 0 Å². The fourth-order valence-corrected chi connectivity index (χ4v) is 2.87. The predicted octanol–water partition coefficient (Wildman–Crippen LogP) is 4.10. The van der Waals surface area contributed by atoms with Crippen molar-refractivity contribution in [2.24, 2.45) is 0 Å². The molecule has 0 amide bonds. The number of nitrogens with zero attached hydrogens (tertiary/aromatic N) is 1. The van der Waals surface area contributed by atoms with Crippen LogP contribution >= 0.6 is 11.8 Å². The van der Waals surface area contributed by atoms with Crippen LogP contribution < -0.4 is 4.74 Å². The van der Waals surface area contributed by atoms with Crippen molar-refractivity contribution in [1.82, 2.24) is 4.98 Å². The van der Waals surface area contributed by atoms with Crippen LogP contribution in [0.3, 0.4) is 0 Å². The number of pyridine rings is 1. The van der Waals surface area contributed by atoms with E-state index in [1.54, 1.807) is 37.2 Å². The number of phenolic OH excluding ortho intramolecular Hbond substituents is 1. The molecular formula is C16H13NO2S. The molecule has 0 atom stereocenters. The summed E-state index contributed by atoms with van der Waals surface area (Å²) in [6.45, 7) is 0. The maximum absolute atomic E-state index is 9.31. The smallest absolute Gasteiger partial charge is 0.119 e. The van der Waals surface area contributed by atoms with Gasteiger partial charge in [0.05, 0.1) is 7.11 Å². The first-order chi connectivity index (χ1) is 9.76. The predicted molar refractivity (Wildman–Crippen MR) is 80.5 cm³/mol. The van der Waals surface area contributed by atoms with Crippen LogP contribution in [0.25, 0.3) is 10.8 Å². The SMILES string of the molecule is COc1ccc2c(Sc3ccc(O)cc3)nccc2c1. The highest BCUT2D eigenvalue weighted by Gasteiger charge is 2.06. The van der Waals surface area contributed by atoms with E-state index in [9.17, 15) is 5.11 Å². The fourth-order valence-electron chi connectivity index (χ4n) is 1.96. The lowest BCUT2D eigenvalue weighted by molar-refractivity contribution is 0.415. The third kappa shape index (κ3) is 2.56. The average molecular weight is 283 g/mol. The van der Waals surface area contributed by atoms with Gasteiger partial charge in [-0.2, -0.15) is 0 Å². The van der Waals surface area contributed by atoms with Crippen LogP contribution in [0.1, 0.15) is 0 Å². The topological polar surface area (TPSA) is 42.4 Å². The number of hydrogen-bond donors (Lipinski definition) is 1. The van der Waals surface area contributed by atoms with Gasteiger partial charge in [-0.25, -0.2) is 4.98 Å². The van der Waals surface area contributed by atoms with E-state index in [-0.39, 0.29) is 5.75 Å². The number of phenols is 1. The Balaban J connectivity index is 2.01. The highest BCUT2D eigenvalue weighted by molar-refractivity contribution is 7.99. The summed E-state index contributed by atoms with van der Waals surface area (Å²) >= 11 is 1.58. The first-order valence-corrected chi connectivity index (χ1v) is 6.97. The minimum atomic E-state index is 0.268. The molecule has 0 bridgehead atoms. The number of rotatable bonds is 3. The quantitative estimate of drug-likeness (QED) is 0.786. The van der Waals surface area contributed by atoms with Crippen LogP contribution in [0.4, 0.5) is 0 Å². The van der Waals surface area contributed by atoms with Gasteiger partial charge in [-0.05, 0) is 53.9 Å². The van der Waals surface area contributed by atoms with E-state index in [1.165, 1.54) is 0 Å². The van der Waals surface area contributed by atoms with E-state index in [4.69, 9.17) is 4.74 Å². The van der Waals surface area contributed by atoms with E-state index >= 15 is 0 Å². The van der Waals surface area contributed by atoms with Crippen molar-refractivity contribution < 1.29 is 9.84 Å². The molecule has 0 aliphatic rings. The van der Waals surface area contributed by atoms with Crippen LogP contribution in [-0.4, -0.2) is 17.2 Å². The van der Waals surface area contributed by atoms with E-state index in [2.05, 4.69) is 4.98 Å². The Morgan fingerprint density at radius 2 is 1.85 bits per heavy atom. The molecule has 1 N–H and O–H groups in total. The van der Waals surface area contributed by atoms with Gasteiger partial charge < -0.3 is 9.84 Å². The molecule has 4 heteroatoms. The monoisotopic (exact) mass is 283 g/mol. The van der Waals surface area contributed by atoms with Crippen LogP contribution in [0, 0.1) is 0 Å². The fraction of sp³-hybridized carbons (Fsp3) is 0.0625. The number of aromatic nitrogens is 1. The van der Waals surface area contributed by atoms with E-state index in [0.717, 1.165) is 26.4 Å². The largest absolute Gasteiger partial charge is 0.508 e. The zero-order chi connectivity index (χ0) is 13.9. The van der Waals surface area contributed by atoms with Crippen molar-refractivity contribution in [2.45, 2.75) is 9.92 Å². The lowest BCUT2D eigenvalue weighted by atomic mass is 10.2. The van der Waals surface area contributed by atoms with Gasteiger partial charge >= 0.3 is 0 Å². The summed E-state index contributed by atoms with van der Waals surface area (Å²) in [5, 5.41) is 12.4. The Morgan fingerprint density at radius 1 is 1.05 bits per heavy atom. The maximum Gasteiger partial charge on any atom is 0.119 e. The van der Waals surface area contributed by atoms with Crippen molar-refractivity contribution in [3.8, 4) is 11.5 Å². The molecule has 3 rings (SSSR count). The second kappa shape index (κ2) is 5.43. The minimum Gasteiger partial charge on any atom is -0.508 e. The molecule has 0 unspecified atom stereocenters. The third-order valence-corrected chi connectivity index (χ3v) is 4.01. The van der Waals surface area contributed by atoms with Crippen molar-refractivity contribution in [3.63, 3.8) is 0 Å². The molecule has 0 saturated heterocycles. The highest BCUT2D eigenvalue weighted by Crippen LogP contribution is 2.33. The summed E-state index contributed by atoms with van der Waals surface area (Å²) in [4.78, 5) is 5.48. The second-order valence-corrected chi connectivity index (χ2v) is 5.36. The Kier molecular flexibility index (Phi) is 3.48. The molecule has 1 heterocycles. The summed E-state index contributed by atoms with van der Waals surface area (Å²) in [6, 6.07) is 15.0. The van der Waals surface area contributed by atoms with E-state index < -0.39 is 0 Å². The molecule has 1 aromatic heterocycles. The van der Waals surface area contributed by atoms with Gasteiger partial charge in [-0.3, -0.25) is 0 Å². The highest BCUT2D eigenvalue weighted by atomic mass is 32.2. The molecule has 100 valence electrons. The van der Waals surface area contributed by atoms with Crippen molar-refractivity contribution >= 4 is 22.5 Å². The lowest BCUT2D eigenvalue weighted by Gasteiger charge is -2.07. The van der Waals surface area contributed by atoms with Crippen molar-refractivity contribution in [2.75, 3.05) is 7.11 Å². The molecule has 20 heavy (non-hydrogen) atoms. The maximum atomic E-state index is 9.31. The van der Waals surface area contributed by atoms with Gasteiger partial charge in [0.25, 0.3) is 0 Å². The molecule has 0 fully saturated rings. The van der Waals surface area contributed by atoms with Crippen LogP contribution in [0.5, 0.6) is 11.5 Å². The number of benzene rings is 2. The standard InChI is InChI=1S/C16H13NO2S/c1-19-13-4-7-15-11(10-13)8-9-17-16(15)20-14-5-2-12(18)3-6-14/h2-10,18H,1H3. The normalized spacial score (nSPS) is 10.7. The van der Waals surface area contributed by atoms with Gasteiger partial charge in [0.2, 0.25) is 0 Å². The Bertz CT molecular complexity index is 741. The van der Waals surface area contributed by atoms with E-state index in [0.29, 0.717) is 0 Å². The average Bonchev–Trinajstić information content (AvgIpc) is 2.49. The number of fused-ring (bicyclic) bond motifs is 1. The molecular weight excluding hydrogens is 270 g/mol. The number of aromatic hydroxyl groups is 1. The molecule has 0 radical (unpaired) electrons. The number of hydrogen-bond acceptors (Lipinski definition) is 4. The zero-order valence-electron chi connectivity index (χ0n) is 10.9. The summed E-state index contributed by atoms with van der Waals surface area (Å²) in [6.07, 6.45) is 1.80. The Hall–Kier alpha value is -2.20. The molecule has 0 spiro atoms. The second-order valence-electron chi connectivity index (χ2n) is 4.30. The molecule has 0 aliphatic heterocycles. The number of methoxy groups -OCH3 is 1. The zero-order valence-corrected chi connectivity index (χ0v) is 11.7. The van der Waals surface area contributed by atoms with Crippen LogP contribution in [0.15, 0.2) is 64.6 Å². The molecule has 0 saturated carbocycles. The Labute approximate surface area is 121 Å². The third-order valence-electron chi connectivity index (χ3n) is 2.99. The number of ether oxygens (including phenoxy) is 1. The molecule has 3 nitrogen and oxygen atoms in total. The van der Waals surface area contributed by atoms with Gasteiger partial charge in [0.1, 0.15) is 16.5 Å². The summed E-state index contributed by atoms with van der Waals surface area (Å²) in [7, 11) is 1.66. The van der Waals surface area contributed by atoms with Gasteiger partial charge in [0, 0.05) is 16.5 Å². The first-order valence-electron chi connectivity index (χ1n) is 6.16. The molecule has 3 aromatic rings.